The summed E-state index contributed by atoms with van der Waals surface area (Å²) < 4.78 is 0. The largest absolute Gasteiger partial charge is 0.347 e. The number of carbonyl (C=O) groups excluding carboxylic acids is 2. The second-order valence-corrected chi connectivity index (χ2v) is 7.05. The van der Waals surface area contributed by atoms with E-state index in [-0.39, 0.29) is 11.7 Å². The van der Waals surface area contributed by atoms with E-state index in [1.54, 1.807) is 0 Å². The van der Waals surface area contributed by atoms with Crippen LogP contribution < -0.4 is 5.32 Å². The molecule has 1 amide bonds. The highest BCUT2D eigenvalue weighted by molar-refractivity contribution is 7.14. The molecule has 0 saturated carbocycles. The Kier molecular flexibility index (Phi) is 4.69. The van der Waals surface area contributed by atoms with Crippen molar-refractivity contribution < 1.29 is 9.59 Å². The summed E-state index contributed by atoms with van der Waals surface area (Å²) in [5.74, 6) is -0.0602. The molecule has 5 heteroatoms. The Labute approximate surface area is 142 Å². The molecule has 0 aliphatic rings. The molecule has 0 radical (unpaired) electrons. The number of hydrogen-bond donors (Lipinski definition) is 1. The van der Waals surface area contributed by atoms with Gasteiger partial charge in [-0.05, 0) is 42.1 Å². The van der Waals surface area contributed by atoms with E-state index in [2.05, 4.69) is 5.32 Å². The maximum Gasteiger partial charge on any atom is 0.251 e. The molecule has 3 rings (SSSR count). The van der Waals surface area contributed by atoms with Crippen molar-refractivity contribution in [3.8, 4) is 0 Å². The van der Waals surface area contributed by atoms with Gasteiger partial charge < -0.3 is 5.32 Å². The fourth-order valence-corrected chi connectivity index (χ4v) is 3.77. The quantitative estimate of drug-likeness (QED) is 0.704. The molecule has 0 aliphatic heterocycles. The molecule has 1 N–H and O–H groups in total. The number of rotatable bonds is 5. The first kappa shape index (κ1) is 15.6. The second kappa shape index (κ2) is 6.89. The van der Waals surface area contributed by atoms with Gasteiger partial charge in [0.25, 0.3) is 5.91 Å². The lowest BCUT2D eigenvalue weighted by Gasteiger charge is -2.06. The third kappa shape index (κ3) is 3.57. The summed E-state index contributed by atoms with van der Waals surface area (Å²) in [6, 6.07) is 13.0. The SMILES string of the molecule is Cc1ccccc1C(=O)NCc1ccc(C(=O)c2ccsc2)s1. The molecular formula is C18H15NO2S2. The molecule has 23 heavy (non-hydrogen) atoms. The number of hydrogen-bond acceptors (Lipinski definition) is 4. The van der Waals surface area contributed by atoms with Crippen LogP contribution in [0, 0.1) is 6.92 Å². The van der Waals surface area contributed by atoms with Crippen LogP contribution in [0.1, 0.15) is 36.0 Å². The number of amides is 1. The molecule has 3 aromatic rings. The Balaban J connectivity index is 1.65. The van der Waals surface area contributed by atoms with Crippen LogP contribution in [0.5, 0.6) is 0 Å². The fourth-order valence-electron chi connectivity index (χ4n) is 2.22. The number of nitrogens with one attached hydrogen (secondary N) is 1. The van der Waals surface area contributed by atoms with E-state index in [1.807, 2.05) is 60.1 Å². The Morgan fingerprint density at radius 1 is 1.09 bits per heavy atom. The monoisotopic (exact) mass is 341 g/mol. The third-order valence-electron chi connectivity index (χ3n) is 3.48. The lowest BCUT2D eigenvalue weighted by molar-refractivity contribution is 0.0950. The highest BCUT2D eigenvalue weighted by Gasteiger charge is 2.13. The summed E-state index contributed by atoms with van der Waals surface area (Å²) in [6.45, 7) is 2.34. The van der Waals surface area contributed by atoms with Crippen molar-refractivity contribution in [1.29, 1.82) is 0 Å². The summed E-state index contributed by atoms with van der Waals surface area (Å²) in [6.07, 6.45) is 0. The van der Waals surface area contributed by atoms with Crippen LogP contribution in [0.2, 0.25) is 0 Å². The first-order valence-electron chi connectivity index (χ1n) is 7.14. The van der Waals surface area contributed by atoms with E-state index in [9.17, 15) is 9.59 Å². The summed E-state index contributed by atoms with van der Waals surface area (Å²) in [7, 11) is 0. The van der Waals surface area contributed by atoms with Gasteiger partial charge in [0.2, 0.25) is 5.78 Å². The van der Waals surface area contributed by atoms with Crippen LogP contribution in [0.4, 0.5) is 0 Å². The first-order chi connectivity index (χ1) is 11.1. The number of ketones is 1. The van der Waals surface area contributed by atoms with Gasteiger partial charge in [-0.15, -0.1) is 11.3 Å². The van der Waals surface area contributed by atoms with E-state index >= 15 is 0 Å². The Hall–Kier alpha value is -2.24. The molecule has 0 aliphatic carbocycles. The lowest BCUT2D eigenvalue weighted by atomic mass is 10.1. The number of carbonyl (C=O) groups is 2. The molecule has 3 nitrogen and oxygen atoms in total. The van der Waals surface area contributed by atoms with E-state index < -0.39 is 0 Å². The van der Waals surface area contributed by atoms with Crippen LogP contribution in [0.25, 0.3) is 0 Å². The molecule has 0 saturated heterocycles. The molecule has 0 bridgehead atoms. The third-order valence-corrected chi connectivity index (χ3v) is 5.25. The van der Waals surface area contributed by atoms with Gasteiger partial charge in [0, 0.05) is 21.4 Å². The van der Waals surface area contributed by atoms with Crippen molar-refractivity contribution in [2.75, 3.05) is 0 Å². The molecule has 0 spiro atoms. The van der Waals surface area contributed by atoms with Gasteiger partial charge >= 0.3 is 0 Å². The molecule has 2 heterocycles. The number of thiophene rings is 2. The van der Waals surface area contributed by atoms with Gasteiger partial charge in [-0.1, -0.05) is 18.2 Å². The average Bonchev–Trinajstić information content (AvgIpc) is 3.24. The lowest BCUT2D eigenvalue weighted by Crippen LogP contribution is -2.23. The maximum atomic E-state index is 12.3. The van der Waals surface area contributed by atoms with Crippen molar-refractivity contribution in [3.63, 3.8) is 0 Å². The van der Waals surface area contributed by atoms with Crippen LogP contribution in [-0.4, -0.2) is 11.7 Å². The predicted octanol–water partition coefficient (Wildman–Crippen LogP) is 4.28. The smallest absolute Gasteiger partial charge is 0.251 e. The van der Waals surface area contributed by atoms with Gasteiger partial charge in [-0.3, -0.25) is 9.59 Å². The van der Waals surface area contributed by atoms with Crippen LogP contribution >= 0.6 is 22.7 Å². The molecule has 116 valence electrons. The zero-order valence-electron chi connectivity index (χ0n) is 12.5. The summed E-state index contributed by atoms with van der Waals surface area (Å²) in [4.78, 5) is 26.1. The Morgan fingerprint density at radius 2 is 1.91 bits per heavy atom. The number of aryl methyl sites for hydroxylation is 1. The molecule has 2 aromatic heterocycles. The highest BCUT2D eigenvalue weighted by Crippen LogP contribution is 2.21. The molecule has 0 atom stereocenters. The van der Waals surface area contributed by atoms with E-state index in [0.29, 0.717) is 22.5 Å². The van der Waals surface area contributed by atoms with Crippen LogP contribution in [0.3, 0.4) is 0 Å². The molecule has 0 unspecified atom stereocenters. The molecular weight excluding hydrogens is 326 g/mol. The van der Waals surface area contributed by atoms with Gasteiger partial charge in [0.05, 0.1) is 11.4 Å². The standard InChI is InChI=1S/C18H15NO2S2/c1-12-4-2-3-5-15(12)18(21)19-10-14-6-7-16(23-14)17(20)13-8-9-22-11-13/h2-9,11H,10H2,1H3,(H,19,21). The van der Waals surface area contributed by atoms with E-state index in [4.69, 9.17) is 0 Å². The van der Waals surface area contributed by atoms with Crippen molar-refractivity contribution in [1.82, 2.24) is 5.32 Å². The van der Waals surface area contributed by atoms with Crippen molar-refractivity contribution >= 4 is 34.4 Å². The van der Waals surface area contributed by atoms with Crippen molar-refractivity contribution in [2.24, 2.45) is 0 Å². The second-order valence-electron chi connectivity index (χ2n) is 5.10. The molecule has 0 fully saturated rings. The Morgan fingerprint density at radius 3 is 2.65 bits per heavy atom. The first-order valence-corrected chi connectivity index (χ1v) is 8.90. The van der Waals surface area contributed by atoms with Crippen molar-refractivity contribution in [2.45, 2.75) is 13.5 Å². The van der Waals surface area contributed by atoms with Crippen LogP contribution in [-0.2, 0) is 6.54 Å². The minimum Gasteiger partial charge on any atom is -0.347 e. The maximum absolute atomic E-state index is 12.3. The summed E-state index contributed by atoms with van der Waals surface area (Å²) in [5, 5.41) is 6.65. The Bertz CT molecular complexity index is 834. The van der Waals surface area contributed by atoms with Gasteiger partial charge in [0.15, 0.2) is 0 Å². The van der Waals surface area contributed by atoms with E-state index in [0.717, 1.165) is 10.4 Å². The topological polar surface area (TPSA) is 46.2 Å². The van der Waals surface area contributed by atoms with Crippen molar-refractivity contribution in [3.05, 3.63) is 79.7 Å². The van der Waals surface area contributed by atoms with Gasteiger partial charge in [-0.25, -0.2) is 0 Å². The minimum atomic E-state index is -0.0952. The van der Waals surface area contributed by atoms with Gasteiger partial charge in [0.1, 0.15) is 0 Å². The average molecular weight is 341 g/mol. The van der Waals surface area contributed by atoms with E-state index in [1.165, 1.54) is 22.7 Å². The summed E-state index contributed by atoms with van der Waals surface area (Å²) >= 11 is 2.93. The minimum absolute atomic E-state index is 0.0349. The number of benzene rings is 1. The normalized spacial score (nSPS) is 10.5. The molecule has 1 aromatic carbocycles. The fraction of sp³-hybridized carbons (Fsp3) is 0.111. The summed E-state index contributed by atoms with van der Waals surface area (Å²) in [5.41, 5.74) is 2.34. The predicted molar refractivity (Wildman–Crippen MR) is 94.4 cm³/mol. The highest BCUT2D eigenvalue weighted by atomic mass is 32.1. The van der Waals surface area contributed by atoms with Gasteiger partial charge in [-0.2, -0.15) is 11.3 Å². The zero-order chi connectivity index (χ0) is 16.2. The van der Waals surface area contributed by atoms with Crippen LogP contribution in [0.15, 0.2) is 53.2 Å². The zero-order valence-corrected chi connectivity index (χ0v) is 14.2.